The average Bonchev–Trinajstić information content (AvgIpc) is 3.73. The summed E-state index contributed by atoms with van der Waals surface area (Å²) in [6, 6.07) is 12.8. The van der Waals surface area contributed by atoms with Crippen molar-refractivity contribution >= 4 is 38.7 Å². The van der Waals surface area contributed by atoms with Crippen LogP contribution in [-0.2, 0) is 22.9 Å². The van der Waals surface area contributed by atoms with Gasteiger partial charge in [-0.05, 0) is 48.9 Å². The number of carbonyl (C=O) groups is 2. The highest BCUT2D eigenvalue weighted by Crippen LogP contribution is 2.42. The molecule has 182 valence electrons. The number of ketones is 2. The van der Waals surface area contributed by atoms with Gasteiger partial charge in [-0.15, -0.1) is 0 Å². The van der Waals surface area contributed by atoms with Crippen molar-refractivity contribution in [1.82, 2.24) is 0 Å². The number of fused-ring (bicyclic) bond motifs is 3. The molecule has 0 radical (unpaired) electrons. The Kier molecular flexibility index (Phi) is 5.08. The Hall–Kier alpha value is -3.85. The van der Waals surface area contributed by atoms with E-state index in [2.05, 4.69) is 11.4 Å². The van der Waals surface area contributed by atoms with Crippen LogP contribution in [0.3, 0.4) is 0 Å². The quantitative estimate of drug-likeness (QED) is 0.308. The summed E-state index contributed by atoms with van der Waals surface area (Å²) in [4.78, 5) is 39.4. The number of carbonyl (C=O) groups excluding carboxylic acids is 2. The first-order valence-electron chi connectivity index (χ1n) is 12.0. The molecule has 0 heterocycles. The minimum Gasteiger partial charge on any atom is -0.397 e. The monoisotopic (exact) mass is 502 g/mol. The van der Waals surface area contributed by atoms with Crippen LogP contribution in [0.4, 0.5) is 17.1 Å². The molecule has 0 aliphatic heterocycles. The number of rotatable bonds is 5. The molecule has 3 N–H and O–H groups in total. The lowest BCUT2D eigenvalue weighted by atomic mass is 9.82. The molecule has 9 heteroatoms. The van der Waals surface area contributed by atoms with E-state index in [9.17, 15) is 22.9 Å². The predicted molar refractivity (Wildman–Crippen MR) is 134 cm³/mol. The second-order valence-electron chi connectivity index (χ2n) is 9.56. The smallest absolute Gasteiger partial charge is 0.397 e. The van der Waals surface area contributed by atoms with E-state index < -0.39 is 32.5 Å². The molecular weight excluding hydrogens is 478 g/mol. The first-order valence-corrected chi connectivity index (χ1v) is 13.5. The molecular formula is C27H24N3O5S+. The Morgan fingerprint density at radius 1 is 0.861 bits per heavy atom. The van der Waals surface area contributed by atoms with Crippen molar-refractivity contribution in [1.29, 1.82) is 0 Å². The Morgan fingerprint density at radius 2 is 1.53 bits per heavy atom. The van der Waals surface area contributed by atoms with Crippen LogP contribution in [0.1, 0.15) is 68.7 Å². The SMILES string of the molecule is Nc1c(S(=O)(=O)[N+](=O)C2CC2)cc(Nc2cccc3c2CCCC3)c2c1C(=O)c1ccccc1C2=O. The zero-order valence-electron chi connectivity index (χ0n) is 19.4. The number of nitrogens with two attached hydrogens (primary N) is 1. The van der Waals surface area contributed by atoms with Crippen molar-refractivity contribution in [2.45, 2.75) is 49.5 Å². The van der Waals surface area contributed by atoms with Gasteiger partial charge in [-0.2, -0.15) is 8.42 Å². The third kappa shape index (κ3) is 3.37. The highest BCUT2D eigenvalue weighted by Gasteiger charge is 2.49. The lowest BCUT2D eigenvalue weighted by molar-refractivity contribution is -0.405. The molecule has 8 nitrogen and oxygen atoms in total. The molecule has 0 spiro atoms. The molecule has 6 rings (SSSR count). The number of aryl methyl sites for hydroxylation is 1. The lowest BCUT2D eigenvalue weighted by Crippen LogP contribution is -2.27. The fourth-order valence-electron chi connectivity index (χ4n) is 5.23. The molecule has 3 aliphatic carbocycles. The molecule has 0 atom stereocenters. The highest BCUT2D eigenvalue weighted by molar-refractivity contribution is 7.85. The van der Waals surface area contributed by atoms with E-state index in [0.717, 1.165) is 36.9 Å². The molecule has 3 aromatic rings. The predicted octanol–water partition coefficient (Wildman–Crippen LogP) is 4.30. The van der Waals surface area contributed by atoms with E-state index in [4.69, 9.17) is 5.73 Å². The van der Waals surface area contributed by atoms with Crippen LogP contribution in [0.25, 0.3) is 0 Å². The summed E-state index contributed by atoms with van der Waals surface area (Å²) in [6.45, 7) is 0. The van der Waals surface area contributed by atoms with Crippen molar-refractivity contribution in [2.24, 2.45) is 0 Å². The summed E-state index contributed by atoms with van der Waals surface area (Å²) < 4.78 is 26.7. The summed E-state index contributed by atoms with van der Waals surface area (Å²) in [5, 5.41) is 3.25. The third-order valence-electron chi connectivity index (χ3n) is 7.23. The van der Waals surface area contributed by atoms with Crippen molar-refractivity contribution in [3.8, 4) is 0 Å². The third-order valence-corrected chi connectivity index (χ3v) is 8.89. The molecule has 0 aromatic heterocycles. The van der Waals surface area contributed by atoms with Gasteiger partial charge in [0.15, 0.2) is 16.5 Å². The maximum Gasteiger partial charge on any atom is 0.439 e. The molecule has 36 heavy (non-hydrogen) atoms. The first kappa shape index (κ1) is 22.6. The summed E-state index contributed by atoms with van der Waals surface area (Å²) in [5.74, 6) is -0.971. The second kappa shape index (κ2) is 8.09. The summed E-state index contributed by atoms with van der Waals surface area (Å²) >= 11 is 0. The van der Waals surface area contributed by atoms with Crippen LogP contribution in [0.5, 0.6) is 0 Å². The van der Waals surface area contributed by atoms with Gasteiger partial charge in [-0.1, -0.05) is 36.4 Å². The van der Waals surface area contributed by atoms with E-state index in [1.54, 1.807) is 18.2 Å². The number of nitrogen functional groups attached to an aromatic ring is 1. The van der Waals surface area contributed by atoms with Gasteiger partial charge in [0.2, 0.25) is 6.04 Å². The number of nitrogens with one attached hydrogen (secondary N) is 1. The second-order valence-corrected chi connectivity index (χ2v) is 11.3. The van der Waals surface area contributed by atoms with Gasteiger partial charge in [-0.25, -0.2) is 0 Å². The van der Waals surface area contributed by atoms with Crippen LogP contribution in [0.15, 0.2) is 53.4 Å². The summed E-state index contributed by atoms with van der Waals surface area (Å²) in [7, 11) is -4.54. The number of hydrogen-bond acceptors (Lipinski definition) is 7. The first-order chi connectivity index (χ1) is 17.3. The van der Waals surface area contributed by atoms with Crippen LogP contribution >= 0.6 is 0 Å². The molecule has 1 fully saturated rings. The zero-order chi connectivity index (χ0) is 25.2. The maximum absolute atomic E-state index is 13.6. The van der Waals surface area contributed by atoms with Gasteiger partial charge >= 0.3 is 10.0 Å². The Bertz CT molecular complexity index is 1610. The van der Waals surface area contributed by atoms with Gasteiger partial charge in [0, 0.05) is 34.6 Å². The van der Waals surface area contributed by atoms with Gasteiger partial charge in [0.1, 0.15) is 4.17 Å². The van der Waals surface area contributed by atoms with Crippen LogP contribution in [0, 0.1) is 4.91 Å². The van der Waals surface area contributed by atoms with Crippen molar-refractivity contribution in [2.75, 3.05) is 11.1 Å². The van der Waals surface area contributed by atoms with Crippen molar-refractivity contribution < 1.29 is 22.2 Å². The Morgan fingerprint density at radius 3 is 2.22 bits per heavy atom. The fraction of sp³-hybridized carbons (Fsp3) is 0.259. The topological polar surface area (TPSA) is 126 Å². The van der Waals surface area contributed by atoms with E-state index in [1.165, 1.54) is 17.7 Å². The molecule has 0 bridgehead atoms. The Labute approximate surface area is 208 Å². The van der Waals surface area contributed by atoms with E-state index in [0.29, 0.717) is 12.8 Å². The average molecular weight is 503 g/mol. The fourth-order valence-corrected chi connectivity index (χ4v) is 6.67. The standard InChI is InChI=1S/C27H23N3O5S/c28-25-22(36(34,35)30(33)16-12-13-16)14-21(29-20-11-5-7-15-6-1-2-8-17(15)20)23-24(25)27(32)19-10-4-3-9-18(19)26(23)31/h3-5,7,9-11,14,16H,1-2,6,8,12-13H2,(H2-,28,29,31,32)/p+1. The number of sulfonamides is 1. The zero-order valence-corrected chi connectivity index (χ0v) is 20.2. The normalized spacial score (nSPS) is 16.7. The molecule has 1 saturated carbocycles. The number of benzene rings is 3. The van der Waals surface area contributed by atoms with Crippen LogP contribution < -0.4 is 11.1 Å². The molecule has 0 saturated heterocycles. The van der Waals surface area contributed by atoms with Crippen molar-refractivity contribution in [3.05, 3.63) is 86.8 Å². The number of nitroso groups, excluding NO2 is 1. The Balaban J connectivity index is 1.60. The van der Waals surface area contributed by atoms with Gasteiger partial charge in [0.05, 0.1) is 22.5 Å². The van der Waals surface area contributed by atoms with Gasteiger partial charge < -0.3 is 11.1 Å². The molecule has 3 aromatic carbocycles. The number of nitrogens with zero attached hydrogens (tertiary/aromatic N) is 1. The molecule has 0 amide bonds. The number of hydrogen-bond donors (Lipinski definition) is 2. The summed E-state index contributed by atoms with van der Waals surface area (Å²) in [5.41, 5.74) is 9.30. The maximum atomic E-state index is 13.6. The minimum atomic E-state index is -4.54. The highest BCUT2D eigenvalue weighted by atomic mass is 32.2. The number of anilines is 3. The summed E-state index contributed by atoms with van der Waals surface area (Å²) in [6.07, 6.45) is 4.82. The van der Waals surface area contributed by atoms with E-state index in [-0.39, 0.29) is 37.8 Å². The lowest BCUT2D eigenvalue weighted by Gasteiger charge is -2.25. The molecule has 0 unspecified atom stereocenters. The van der Waals surface area contributed by atoms with E-state index in [1.807, 2.05) is 12.1 Å². The van der Waals surface area contributed by atoms with Gasteiger partial charge in [0.25, 0.3) is 0 Å². The van der Waals surface area contributed by atoms with Crippen LogP contribution in [-0.4, -0.2) is 30.2 Å². The largest absolute Gasteiger partial charge is 0.439 e. The minimum absolute atomic E-state index is 0.0208. The molecule has 3 aliphatic rings. The van der Waals surface area contributed by atoms with Crippen molar-refractivity contribution in [3.63, 3.8) is 0 Å². The van der Waals surface area contributed by atoms with E-state index >= 15 is 0 Å². The van der Waals surface area contributed by atoms with Gasteiger partial charge in [-0.3, -0.25) is 9.59 Å². The van der Waals surface area contributed by atoms with Crippen LogP contribution in [0.2, 0.25) is 0 Å².